The number of para-hydroxylation sites is 2. The van der Waals surface area contributed by atoms with Gasteiger partial charge in [0, 0.05) is 47.3 Å². The average Bonchev–Trinajstić information content (AvgIpc) is 3.92. The molecule has 0 saturated carbocycles. The van der Waals surface area contributed by atoms with E-state index in [2.05, 4.69) is 82.6 Å². The monoisotopic (exact) mass is 782 g/mol. The number of benzene rings is 5. The first-order chi connectivity index (χ1) is 28.8. The van der Waals surface area contributed by atoms with Gasteiger partial charge in [0.1, 0.15) is 33.3 Å². The van der Waals surface area contributed by atoms with Crippen LogP contribution in [0.5, 0.6) is 0 Å². The van der Waals surface area contributed by atoms with Crippen LogP contribution in [-0.2, 0) is 0 Å². The summed E-state index contributed by atoms with van der Waals surface area (Å²) in [7, 11) is 0. The third-order valence-electron chi connectivity index (χ3n) is 10.1. The number of pyridine rings is 4. The van der Waals surface area contributed by atoms with E-state index in [0.717, 1.165) is 97.8 Å². The van der Waals surface area contributed by atoms with Crippen LogP contribution in [0.3, 0.4) is 0 Å². The van der Waals surface area contributed by atoms with Gasteiger partial charge in [0.05, 0.1) is 20.4 Å². The minimum absolute atomic E-state index is 0.762. The van der Waals surface area contributed by atoms with Crippen LogP contribution < -0.4 is 9.80 Å². The van der Waals surface area contributed by atoms with Gasteiger partial charge in [-0.2, -0.15) is 0 Å². The van der Waals surface area contributed by atoms with E-state index in [-0.39, 0.29) is 0 Å². The molecule has 0 radical (unpaired) electrons. The third-order valence-corrected chi connectivity index (χ3v) is 12.2. The van der Waals surface area contributed by atoms with Gasteiger partial charge in [0.2, 0.25) is 0 Å². The first-order valence-electron chi connectivity index (χ1n) is 18.8. The number of hydrogen-bond acceptors (Lipinski definition) is 10. The lowest BCUT2D eigenvalue weighted by atomic mass is 9.91. The van der Waals surface area contributed by atoms with Gasteiger partial charge in [-0.25, -0.2) is 29.9 Å². The molecule has 11 aromatic rings. The van der Waals surface area contributed by atoms with Crippen LogP contribution in [0, 0.1) is 0 Å². The van der Waals surface area contributed by atoms with Crippen molar-refractivity contribution in [3.8, 4) is 21.1 Å². The maximum absolute atomic E-state index is 5.33. The molecule has 5 aromatic carbocycles. The SMILES string of the molecule is c1ccc(N(c2ccc3c(-c4nc5ccccc5s4)c4ccc(N(c5ccccn5)c5ccccn5)cc4c(-c4nc5ccccc5s4)c3c2)c2ccccn2)nc1. The van der Waals surface area contributed by atoms with Gasteiger partial charge in [-0.15, -0.1) is 22.7 Å². The summed E-state index contributed by atoms with van der Waals surface area (Å²) in [4.78, 5) is 34.0. The maximum atomic E-state index is 5.33. The fourth-order valence-electron chi connectivity index (χ4n) is 7.61. The Balaban J connectivity index is 1.27. The van der Waals surface area contributed by atoms with Gasteiger partial charge < -0.3 is 0 Å². The van der Waals surface area contributed by atoms with E-state index in [1.54, 1.807) is 22.7 Å². The summed E-state index contributed by atoms with van der Waals surface area (Å²) >= 11 is 3.41. The largest absolute Gasteiger partial charge is 0.279 e. The number of thiazole rings is 2. The molecule has 0 aliphatic carbocycles. The molecule has 0 fully saturated rings. The molecule has 0 aliphatic rings. The van der Waals surface area contributed by atoms with E-state index in [4.69, 9.17) is 29.9 Å². The standard InChI is InChI=1S/C48H30N8S2/c1-3-15-39-37(13-1)53-47(57-39)45-33-23-21-31(55(41-17-5-9-25-49-41)42-18-6-10-26-50-42)29-35(33)46(48-54-38-14-2-4-16-40(38)58-48)36-30-32(22-24-34(36)45)56(43-19-7-11-27-51-43)44-20-8-12-28-52-44/h1-30H. The number of fused-ring (bicyclic) bond motifs is 4. The highest BCUT2D eigenvalue weighted by Crippen LogP contribution is 2.49. The van der Waals surface area contributed by atoms with E-state index in [9.17, 15) is 0 Å². The first kappa shape index (κ1) is 33.9. The fraction of sp³-hybridized carbons (Fsp3) is 0. The molecular weight excluding hydrogens is 753 g/mol. The summed E-state index contributed by atoms with van der Waals surface area (Å²) in [5.41, 5.74) is 5.87. The Bertz CT molecular complexity index is 2960. The van der Waals surface area contributed by atoms with E-state index in [0.29, 0.717) is 0 Å². The molecule has 0 spiro atoms. The van der Waals surface area contributed by atoms with Crippen LogP contribution in [0.15, 0.2) is 183 Å². The first-order valence-corrected chi connectivity index (χ1v) is 20.4. The second-order valence-corrected chi connectivity index (χ2v) is 15.7. The molecule has 274 valence electrons. The summed E-state index contributed by atoms with van der Waals surface area (Å²) < 4.78 is 2.25. The van der Waals surface area contributed by atoms with Crippen molar-refractivity contribution in [3.05, 3.63) is 183 Å². The predicted octanol–water partition coefficient (Wildman–Crippen LogP) is 13.1. The van der Waals surface area contributed by atoms with Gasteiger partial charge in [0.15, 0.2) is 0 Å². The number of hydrogen-bond donors (Lipinski definition) is 0. The van der Waals surface area contributed by atoms with Crippen molar-refractivity contribution < 1.29 is 0 Å². The highest BCUT2D eigenvalue weighted by molar-refractivity contribution is 7.22. The van der Waals surface area contributed by atoms with Crippen LogP contribution >= 0.6 is 22.7 Å². The molecule has 8 nitrogen and oxygen atoms in total. The molecule has 0 saturated heterocycles. The molecule has 0 aliphatic heterocycles. The minimum Gasteiger partial charge on any atom is -0.279 e. The van der Waals surface area contributed by atoms with Crippen molar-refractivity contribution in [2.45, 2.75) is 0 Å². The Morgan fingerprint density at radius 3 is 1.07 bits per heavy atom. The second kappa shape index (κ2) is 14.3. The molecule has 6 aromatic heterocycles. The topological polar surface area (TPSA) is 83.8 Å². The quantitative estimate of drug-likeness (QED) is 0.141. The third kappa shape index (κ3) is 5.90. The molecule has 0 N–H and O–H groups in total. The zero-order chi connectivity index (χ0) is 38.4. The number of nitrogens with zero attached hydrogens (tertiary/aromatic N) is 8. The Hall–Kier alpha value is -7.40. The molecule has 0 unspecified atom stereocenters. The van der Waals surface area contributed by atoms with Crippen LogP contribution in [0.4, 0.5) is 34.6 Å². The number of anilines is 6. The van der Waals surface area contributed by atoms with Crippen LogP contribution in [-0.4, -0.2) is 29.9 Å². The van der Waals surface area contributed by atoms with E-state index in [1.165, 1.54) is 0 Å². The van der Waals surface area contributed by atoms with Gasteiger partial charge in [0.25, 0.3) is 0 Å². The molecule has 0 bridgehead atoms. The van der Waals surface area contributed by atoms with Gasteiger partial charge >= 0.3 is 0 Å². The lowest BCUT2D eigenvalue weighted by molar-refractivity contribution is 1.13. The van der Waals surface area contributed by atoms with E-state index >= 15 is 0 Å². The zero-order valence-corrected chi connectivity index (χ0v) is 32.3. The Morgan fingerprint density at radius 2 is 0.707 bits per heavy atom. The molecule has 11 rings (SSSR count). The van der Waals surface area contributed by atoms with Crippen molar-refractivity contribution in [1.29, 1.82) is 0 Å². The smallest absolute Gasteiger partial charge is 0.138 e. The van der Waals surface area contributed by atoms with Gasteiger partial charge in [-0.1, -0.05) is 60.7 Å². The fourth-order valence-corrected chi connectivity index (χ4v) is 9.69. The normalized spacial score (nSPS) is 11.4. The lowest BCUT2D eigenvalue weighted by Gasteiger charge is -2.25. The van der Waals surface area contributed by atoms with Crippen LogP contribution in [0.2, 0.25) is 0 Å². The lowest BCUT2D eigenvalue weighted by Crippen LogP contribution is -2.13. The van der Waals surface area contributed by atoms with E-state index in [1.807, 2.05) is 110 Å². The molecular formula is C48H30N8S2. The zero-order valence-electron chi connectivity index (χ0n) is 30.7. The highest BCUT2D eigenvalue weighted by Gasteiger charge is 2.25. The van der Waals surface area contributed by atoms with E-state index < -0.39 is 0 Å². The second-order valence-electron chi connectivity index (χ2n) is 13.6. The van der Waals surface area contributed by atoms with Crippen molar-refractivity contribution in [2.75, 3.05) is 9.80 Å². The Labute approximate surface area is 341 Å². The summed E-state index contributed by atoms with van der Waals surface area (Å²) in [5, 5.41) is 6.09. The summed E-state index contributed by atoms with van der Waals surface area (Å²) in [6.45, 7) is 0. The molecule has 0 atom stereocenters. The van der Waals surface area contributed by atoms with Gasteiger partial charge in [-0.05, 0) is 119 Å². The van der Waals surface area contributed by atoms with Gasteiger partial charge in [-0.3, -0.25) is 9.80 Å². The Morgan fingerprint density at radius 1 is 0.345 bits per heavy atom. The van der Waals surface area contributed by atoms with Crippen LogP contribution in [0.1, 0.15) is 0 Å². The van der Waals surface area contributed by atoms with Crippen molar-refractivity contribution in [3.63, 3.8) is 0 Å². The molecule has 6 heterocycles. The van der Waals surface area contributed by atoms with Crippen molar-refractivity contribution in [1.82, 2.24) is 29.9 Å². The van der Waals surface area contributed by atoms with Crippen molar-refractivity contribution in [2.24, 2.45) is 0 Å². The molecule has 58 heavy (non-hydrogen) atoms. The molecule has 10 heteroatoms. The maximum Gasteiger partial charge on any atom is 0.138 e. The number of aromatic nitrogens is 6. The predicted molar refractivity (Wildman–Crippen MR) is 239 cm³/mol. The molecule has 0 amide bonds. The van der Waals surface area contributed by atoms with Crippen LogP contribution in [0.25, 0.3) is 63.1 Å². The summed E-state index contributed by atoms with van der Waals surface area (Å²) in [6.07, 6.45) is 7.25. The summed E-state index contributed by atoms with van der Waals surface area (Å²) in [6, 6.07) is 53.7. The average molecular weight is 783 g/mol. The Kier molecular flexibility index (Phi) is 8.34. The highest BCUT2D eigenvalue weighted by atomic mass is 32.1. The summed E-state index contributed by atoms with van der Waals surface area (Å²) in [5.74, 6) is 3.05. The number of rotatable bonds is 8. The van der Waals surface area contributed by atoms with Crippen molar-refractivity contribution >= 4 is 99.3 Å². The minimum atomic E-state index is 0.762.